The third-order valence-corrected chi connectivity index (χ3v) is 3.18. The summed E-state index contributed by atoms with van der Waals surface area (Å²) in [5, 5.41) is 0.679. The molecule has 0 N–H and O–H groups in total. The quantitative estimate of drug-likeness (QED) is 0.729. The lowest BCUT2D eigenvalue weighted by molar-refractivity contribution is 0.0993. The molecule has 0 atom stereocenters. The van der Waals surface area contributed by atoms with Gasteiger partial charge in [0.25, 0.3) is 0 Å². The van der Waals surface area contributed by atoms with E-state index >= 15 is 0 Å². The van der Waals surface area contributed by atoms with Crippen LogP contribution in [0.3, 0.4) is 0 Å². The van der Waals surface area contributed by atoms with Crippen LogP contribution in [0.15, 0.2) is 48.5 Å². The second-order valence-electron chi connectivity index (χ2n) is 4.60. The molecule has 2 rings (SSSR count). The van der Waals surface area contributed by atoms with E-state index in [9.17, 15) is 4.79 Å². The monoisotopic (exact) mass is 288 g/mol. The fourth-order valence-electron chi connectivity index (χ4n) is 1.85. The maximum absolute atomic E-state index is 12.2. The molecule has 20 heavy (non-hydrogen) atoms. The Bertz CT molecular complexity index is 559. The summed E-state index contributed by atoms with van der Waals surface area (Å²) in [6.45, 7) is 2.75. The lowest BCUT2D eigenvalue weighted by atomic mass is 10.0. The highest BCUT2D eigenvalue weighted by molar-refractivity contribution is 6.30. The maximum Gasteiger partial charge on any atom is 0.167 e. The van der Waals surface area contributed by atoms with Crippen molar-refractivity contribution in [1.29, 1.82) is 0 Å². The number of ether oxygens (including phenoxy) is 1. The van der Waals surface area contributed by atoms with Crippen LogP contribution in [0.5, 0.6) is 5.75 Å². The molecule has 0 fully saturated rings. The van der Waals surface area contributed by atoms with E-state index in [-0.39, 0.29) is 5.78 Å². The van der Waals surface area contributed by atoms with Gasteiger partial charge in [0.15, 0.2) is 5.78 Å². The topological polar surface area (TPSA) is 26.3 Å². The van der Waals surface area contributed by atoms with Gasteiger partial charge < -0.3 is 4.74 Å². The summed E-state index contributed by atoms with van der Waals surface area (Å²) in [4.78, 5) is 12.2. The van der Waals surface area contributed by atoms with E-state index in [2.05, 4.69) is 6.92 Å². The molecule has 3 heteroatoms. The minimum Gasteiger partial charge on any atom is -0.494 e. The van der Waals surface area contributed by atoms with Gasteiger partial charge in [0.2, 0.25) is 0 Å². The van der Waals surface area contributed by atoms with Crippen LogP contribution >= 0.6 is 11.6 Å². The van der Waals surface area contributed by atoms with E-state index in [4.69, 9.17) is 16.3 Å². The maximum atomic E-state index is 12.2. The zero-order valence-corrected chi connectivity index (χ0v) is 12.2. The third-order valence-electron chi connectivity index (χ3n) is 2.93. The fraction of sp³-hybridized carbons (Fsp3) is 0.235. The Kier molecular flexibility index (Phi) is 5.19. The number of carbonyl (C=O) groups excluding carboxylic acids is 1. The van der Waals surface area contributed by atoms with Crippen LogP contribution in [0.25, 0.3) is 0 Å². The summed E-state index contributed by atoms with van der Waals surface area (Å²) in [5.41, 5.74) is 1.66. The summed E-state index contributed by atoms with van der Waals surface area (Å²) in [6.07, 6.45) is 1.35. The predicted molar refractivity (Wildman–Crippen MR) is 81.7 cm³/mol. The first-order valence-electron chi connectivity index (χ1n) is 6.69. The Hall–Kier alpha value is -1.80. The average molecular weight is 289 g/mol. The van der Waals surface area contributed by atoms with Crippen molar-refractivity contribution in [2.45, 2.75) is 19.8 Å². The van der Waals surface area contributed by atoms with Gasteiger partial charge >= 0.3 is 0 Å². The largest absolute Gasteiger partial charge is 0.494 e. The van der Waals surface area contributed by atoms with Crippen LogP contribution in [0.2, 0.25) is 5.02 Å². The molecular formula is C17H17ClO2. The molecule has 2 nitrogen and oxygen atoms in total. The Morgan fingerprint density at radius 3 is 2.30 bits per heavy atom. The zero-order valence-electron chi connectivity index (χ0n) is 11.4. The van der Waals surface area contributed by atoms with Crippen molar-refractivity contribution in [3.05, 3.63) is 64.7 Å². The number of ketones is 1. The summed E-state index contributed by atoms with van der Waals surface area (Å²) in [5.74, 6) is 0.893. The average Bonchev–Trinajstić information content (AvgIpc) is 2.48. The highest BCUT2D eigenvalue weighted by Gasteiger charge is 2.07. The molecular weight excluding hydrogens is 272 g/mol. The van der Waals surface area contributed by atoms with Gasteiger partial charge in [0, 0.05) is 17.0 Å². The van der Waals surface area contributed by atoms with E-state index in [1.165, 1.54) is 0 Å². The number of hydrogen-bond acceptors (Lipinski definition) is 2. The zero-order chi connectivity index (χ0) is 14.4. The van der Waals surface area contributed by atoms with Crippen molar-refractivity contribution in [3.8, 4) is 5.75 Å². The molecule has 2 aromatic rings. The summed E-state index contributed by atoms with van der Waals surface area (Å²) >= 11 is 5.83. The Labute approximate surface area is 124 Å². The minimum atomic E-state index is 0.0920. The number of halogens is 1. The first-order valence-corrected chi connectivity index (χ1v) is 7.07. The van der Waals surface area contributed by atoms with Gasteiger partial charge in [-0.2, -0.15) is 0 Å². The van der Waals surface area contributed by atoms with Gasteiger partial charge in [-0.25, -0.2) is 0 Å². The molecule has 0 radical (unpaired) electrons. The molecule has 0 aliphatic rings. The van der Waals surface area contributed by atoms with Gasteiger partial charge in [-0.3, -0.25) is 4.79 Å². The van der Waals surface area contributed by atoms with Crippen LogP contribution in [-0.2, 0) is 6.42 Å². The van der Waals surface area contributed by atoms with Gasteiger partial charge in [-0.1, -0.05) is 30.7 Å². The van der Waals surface area contributed by atoms with Gasteiger partial charge in [-0.05, 0) is 48.4 Å². The highest BCUT2D eigenvalue weighted by Crippen LogP contribution is 2.15. The molecule has 0 saturated carbocycles. The number of hydrogen-bond donors (Lipinski definition) is 0. The summed E-state index contributed by atoms with van der Waals surface area (Å²) < 4.78 is 5.50. The standard InChI is InChI=1S/C17H17ClO2/c1-2-11-20-16-9-5-14(6-10-16)17(19)12-13-3-7-15(18)8-4-13/h3-10H,2,11-12H2,1H3. The first kappa shape index (κ1) is 14.6. The van der Waals surface area contributed by atoms with Crippen molar-refractivity contribution in [2.75, 3.05) is 6.61 Å². The minimum absolute atomic E-state index is 0.0920. The predicted octanol–water partition coefficient (Wildman–Crippen LogP) is 4.55. The number of Topliss-reactive ketones (excluding diaryl/α,β-unsaturated/α-hetero) is 1. The van der Waals surface area contributed by atoms with Crippen molar-refractivity contribution < 1.29 is 9.53 Å². The second-order valence-corrected chi connectivity index (χ2v) is 5.04. The Balaban J connectivity index is 2.00. The van der Waals surface area contributed by atoms with Crippen molar-refractivity contribution in [3.63, 3.8) is 0 Å². The second kappa shape index (κ2) is 7.11. The Morgan fingerprint density at radius 1 is 1.05 bits per heavy atom. The first-order chi connectivity index (χ1) is 9.69. The lowest BCUT2D eigenvalue weighted by Crippen LogP contribution is -2.03. The van der Waals surface area contributed by atoms with E-state index in [1.807, 2.05) is 36.4 Å². The van der Waals surface area contributed by atoms with E-state index < -0.39 is 0 Å². The van der Waals surface area contributed by atoms with Crippen molar-refractivity contribution in [1.82, 2.24) is 0 Å². The van der Waals surface area contributed by atoms with Gasteiger partial charge in [0.05, 0.1) is 6.61 Å². The molecule has 0 aliphatic carbocycles. The molecule has 0 saturated heterocycles. The molecule has 0 aromatic heterocycles. The van der Waals surface area contributed by atoms with Crippen molar-refractivity contribution in [2.24, 2.45) is 0 Å². The third kappa shape index (κ3) is 4.10. The molecule has 0 aliphatic heterocycles. The summed E-state index contributed by atoms with van der Waals surface area (Å²) in [7, 11) is 0. The van der Waals surface area contributed by atoms with Crippen LogP contribution in [0.1, 0.15) is 29.3 Å². The number of rotatable bonds is 6. The van der Waals surface area contributed by atoms with Gasteiger partial charge in [-0.15, -0.1) is 0 Å². The summed E-state index contributed by atoms with van der Waals surface area (Å²) in [6, 6.07) is 14.6. The molecule has 2 aromatic carbocycles. The SMILES string of the molecule is CCCOc1ccc(C(=O)Cc2ccc(Cl)cc2)cc1. The molecule has 0 amide bonds. The van der Waals surface area contributed by atoms with Crippen LogP contribution in [-0.4, -0.2) is 12.4 Å². The molecule has 0 heterocycles. The number of carbonyl (C=O) groups is 1. The highest BCUT2D eigenvalue weighted by atomic mass is 35.5. The van der Waals surface area contributed by atoms with Crippen LogP contribution < -0.4 is 4.74 Å². The lowest BCUT2D eigenvalue weighted by Gasteiger charge is -2.06. The number of benzene rings is 2. The molecule has 104 valence electrons. The van der Waals surface area contributed by atoms with Crippen molar-refractivity contribution >= 4 is 17.4 Å². The van der Waals surface area contributed by atoms with E-state index in [0.717, 1.165) is 17.7 Å². The normalized spacial score (nSPS) is 10.3. The Morgan fingerprint density at radius 2 is 1.70 bits per heavy atom. The van der Waals surface area contributed by atoms with Gasteiger partial charge in [0.1, 0.15) is 5.75 Å². The van der Waals surface area contributed by atoms with E-state index in [0.29, 0.717) is 23.6 Å². The fourth-order valence-corrected chi connectivity index (χ4v) is 1.97. The molecule has 0 unspecified atom stereocenters. The molecule has 0 bridgehead atoms. The molecule has 0 spiro atoms. The van der Waals surface area contributed by atoms with E-state index in [1.54, 1.807) is 12.1 Å². The van der Waals surface area contributed by atoms with Crippen LogP contribution in [0, 0.1) is 0 Å². The smallest absolute Gasteiger partial charge is 0.167 e. The van der Waals surface area contributed by atoms with Crippen LogP contribution in [0.4, 0.5) is 0 Å².